The first-order valence-corrected chi connectivity index (χ1v) is 13.2. The zero-order chi connectivity index (χ0) is 26.0. The number of hydrogen-bond acceptors (Lipinski definition) is 5. The Kier molecular flexibility index (Phi) is 7.51. The van der Waals surface area contributed by atoms with Crippen LogP contribution in [0.3, 0.4) is 0 Å². The molecule has 5 rings (SSSR count). The van der Waals surface area contributed by atoms with Gasteiger partial charge >= 0.3 is 0 Å². The third-order valence-electron chi connectivity index (χ3n) is 7.51. The van der Waals surface area contributed by atoms with Crippen molar-refractivity contribution in [2.75, 3.05) is 32.8 Å². The van der Waals surface area contributed by atoms with Crippen LogP contribution >= 0.6 is 11.6 Å². The number of ether oxygens (including phenoxy) is 2. The Morgan fingerprint density at radius 3 is 2.49 bits per heavy atom. The maximum absolute atomic E-state index is 13.8. The lowest BCUT2D eigenvalue weighted by Crippen LogP contribution is -2.60. The molecule has 2 atom stereocenters. The van der Waals surface area contributed by atoms with E-state index < -0.39 is 11.8 Å². The first kappa shape index (κ1) is 25.7. The van der Waals surface area contributed by atoms with Crippen molar-refractivity contribution in [2.45, 2.75) is 50.5 Å². The first-order chi connectivity index (χ1) is 17.9. The van der Waals surface area contributed by atoms with Crippen LogP contribution in [0.15, 0.2) is 48.5 Å². The molecule has 0 saturated carbocycles. The van der Waals surface area contributed by atoms with E-state index in [1.807, 2.05) is 19.1 Å². The molecule has 2 aromatic carbocycles. The summed E-state index contributed by atoms with van der Waals surface area (Å²) < 4.78 is 11.9. The molecule has 196 valence electrons. The van der Waals surface area contributed by atoms with E-state index in [2.05, 4.69) is 5.32 Å². The average molecular weight is 526 g/mol. The Hall–Kier alpha value is -2.94. The topological polar surface area (TPSA) is 88.2 Å². The second-order valence-corrected chi connectivity index (χ2v) is 10.4. The van der Waals surface area contributed by atoms with Gasteiger partial charge in [-0.2, -0.15) is 0 Å². The number of carbonyl (C=O) groups excluding carboxylic acids is 3. The lowest BCUT2D eigenvalue weighted by Gasteiger charge is -2.44. The number of nitrogens with zero attached hydrogens (tertiary/aromatic N) is 2. The normalized spacial score (nSPS) is 22.9. The number of rotatable bonds is 5. The van der Waals surface area contributed by atoms with E-state index >= 15 is 0 Å². The van der Waals surface area contributed by atoms with Gasteiger partial charge in [-0.15, -0.1) is 0 Å². The number of hydrogen-bond donors (Lipinski definition) is 1. The predicted molar refractivity (Wildman–Crippen MR) is 138 cm³/mol. The molecule has 3 aliphatic heterocycles. The van der Waals surface area contributed by atoms with Gasteiger partial charge in [0.15, 0.2) is 0 Å². The third-order valence-corrected chi connectivity index (χ3v) is 7.75. The van der Waals surface area contributed by atoms with E-state index in [0.29, 0.717) is 55.2 Å². The highest BCUT2D eigenvalue weighted by atomic mass is 35.5. The van der Waals surface area contributed by atoms with Crippen LogP contribution in [0.4, 0.5) is 0 Å². The van der Waals surface area contributed by atoms with Crippen LogP contribution in [0.5, 0.6) is 0 Å². The summed E-state index contributed by atoms with van der Waals surface area (Å²) in [6.45, 7) is 3.98. The van der Waals surface area contributed by atoms with Crippen molar-refractivity contribution < 1.29 is 23.9 Å². The fourth-order valence-electron chi connectivity index (χ4n) is 5.40. The molecule has 8 nitrogen and oxygen atoms in total. The maximum atomic E-state index is 13.8. The van der Waals surface area contributed by atoms with E-state index in [1.165, 1.54) is 0 Å². The van der Waals surface area contributed by atoms with Crippen molar-refractivity contribution in [1.82, 2.24) is 15.1 Å². The zero-order valence-corrected chi connectivity index (χ0v) is 21.7. The second-order valence-electron chi connectivity index (χ2n) is 10.00. The summed E-state index contributed by atoms with van der Waals surface area (Å²) >= 11 is 6.08. The van der Waals surface area contributed by atoms with Crippen LogP contribution in [-0.2, 0) is 14.3 Å². The van der Waals surface area contributed by atoms with Crippen molar-refractivity contribution in [2.24, 2.45) is 0 Å². The lowest BCUT2D eigenvalue weighted by atomic mass is 9.96. The second kappa shape index (κ2) is 10.8. The van der Waals surface area contributed by atoms with Gasteiger partial charge in [-0.25, -0.2) is 0 Å². The molecule has 3 amide bonds. The quantitative estimate of drug-likeness (QED) is 0.646. The Morgan fingerprint density at radius 2 is 1.81 bits per heavy atom. The molecule has 0 aromatic heterocycles. The number of halogens is 1. The molecule has 2 aromatic rings. The molecule has 0 bridgehead atoms. The number of benzene rings is 2. The molecule has 3 saturated heterocycles. The molecule has 3 fully saturated rings. The first-order valence-electron chi connectivity index (χ1n) is 12.8. The monoisotopic (exact) mass is 525 g/mol. The molecule has 1 spiro atoms. The molecule has 9 heteroatoms. The van der Waals surface area contributed by atoms with E-state index in [0.717, 1.165) is 18.4 Å². The van der Waals surface area contributed by atoms with Crippen LogP contribution in [-0.4, -0.2) is 78.2 Å². The standard InChI is InChI=1S/C28H32ClN3O5/c1-19-7-9-20(10-8-19)27(35)32-24(25(33)30-17-23-6-3-15-36-23)18-37-28(32)11-13-31(14-12-28)26(34)21-4-2-5-22(29)16-21/h2,4-5,7-10,16,23-24H,3,6,11-15,17-18H2,1H3,(H,30,33)/t23-,24-/m1/s1. The van der Waals surface area contributed by atoms with Crippen molar-refractivity contribution in [3.05, 3.63) is 70.2 Å². The van der Waals surface area contributed by atoms with Crippen LogP contribution in [0.2, 0.25) is 5.02 Å². The van der Waals surface area contributed by atoms with Crippen molar-refractivity contribution in [3.8, 4) is 0 Å². The molecule has 0 radical (unpaired) electrons. The highest BCUT2D eigenvalue weighted by molar-refractivity contribution is 6.30. The number of likely N-dealkylation sites (tertiary alicyclic amines) is 1. The average Bonchev–Trinajstić information content (AvgIpc) is 3.56. The minimum atomic E-state index is -0.959. The number of piperidine rings is 1. The Morgan fingerprint density at radius 1 is 1.05 bits per heavy atom. The van der Waals surface area contributed by atoms with Crippen LogP contribution < -0.4 is 5.32 Å². The smallest absolute Gasteiger partial charge is 0.256 e. The van der Waals surface area contributed by atoms with E-state index in [4.69, 9.17) is 21.1 Å². The Balaban J connectivity index is 1.34. The molecule has 1 N–H and O–H groups in total. The summed E-state index contributed by atoms with van der Waals surface area (Å²) in [7, 11) is 0. The fourth-order valence-corrected chi connectivity index (χ4v) is 5.59. The van der Waals surface area contributed by atoms with Crippen LogP contribution in [0.1, 0.15) is 52.0 Å². The van der Waals surface area contributed by atoms with Crippen LogP contribution in [0, 0.1) is 6.92 Å². The highest BCUT2D eigenvalue weighted by Gasteiger charge is 2.54. The lowest BCUT2D eigenvalue weighted by molar-refractivity contribution is -0.128. The molecule has 3 heterocycles. The summed E-state index contributed by atoms with van der Waals surface area (Å²) in [6.07, 6.45) is 2.72. The SMILES string of the molecule is Cc1ccc(C(=O)N2[C@@H](C(=O)NC[C@H]3CCCO3)COC23CCN(C(=O)c2cccc(Cl)c2)CC3)cc1. The van der Waals surface area contributed by atoms with Gasteiger partial charge in [-0.3, -0.25) is 19.3 Å². The van der Waals surface area contributed by atoms with Crippen LogP contribution in [0.25, 0.3) is 0 Å². The van der Waals surface area contributed by atoms with Gasteiger partial charge in [0.1, 0.15) is 11.8 Å². The molecule has 0 unspecified atom stereocenters. The molecular weight excluding hydrogens is 494 g/mol. The molecule has 3 aliphatic rings. The summed E-state index contributed by atoms with van der Waals surface area (Å²) in [5, 5.41) is 3.48. The number of nitrogens with one attached hydrogen (secondary N) is 1. The fraction of sp³-hybridized carbons (Fsp3) is 0.464. The van der Waals surface area contributed by atoms with Crippen molar-refractivity contribution >= 4 is 29.3 Å². The largest absolute Gasteiger partial charge is 0.376 e. The van der Waals surface area contributed by atoms with Gasteiger partial charge in [0.05, 0.1) is 12.7 Å². The molecular formula is C28H32ClN3O5. The predicted octanol–water partition coefficient (Wildman–Crippen LogP) is 3.42. The number of aryl methyl sites for hydroxylation is 1. The van der Waals surface area contributed by atoms with Gasteiger partial charge in [-0.1, -0.05) is 35.4 Å². The van der Waals surface area contributed by atoms with E-state index in [1.54, 1.807) is 46.2 Å². The minimum absolute atomic E-state index is 0.00206. The van der Waals surface area contributed by atoms with Crippen molar-refractivity contribution in [3.63, 3.8) is 0 Å². The summed E-state index contributed by atoms with van der Waals surface area (Å²) in [5.41, 5.74) is 1.11. The summed E-state index contributed by atoms with van der Waals surface area (Å²) in [4.78, 5) is 43.6. The van der Waals surface area contributed by atoms with E-state index in [-0.39, 0.29) is 30.4 Å². The minimum Gasteiger partial charge on any atom is -0.376 e. The summed E-state index contributed by atoms with van der Waals surface area (Å²) in [6, 6.07) is 13.5. The van der Waals surface area contributed by atoms with E-state index in [9.17, 15) is 14.4 Å². The van der Waals surface area contributed by atoms with Crippen molar-refractivity contribution in [1.29, 1.82) is 0 Å². The number of carbonyl (C=O) groups is 3. The summed E-state index contributed by atoms with van der Waals surface area (Å²) in [5.74, 6) is -0.604. The Bertz CT molecular complexity index is 1160. The highest BCUT2D eigenvalue weighted by Crippen LogP contribution is 2.39. The Labute approximate surface area is 221 Å². The zero-order valence-electron chi connectivity index (χ0n) is 21.0. The molecule has 37 heavy (non-hydrogen) atoms. The number of amides is 3. The van der Waals surface area contributed by atoms with Gasteiger partial charge in [0.25, 0.3) is 11.8 Å². The maximum Gasteiger partial charge on any atom is 0.256 e. The van der Waals surface area contributed by atoms with Gasteiger partial charge < -0.3 is 19.7 Å². The van der Waals surface area contributed by atoms with Gasteiger partial charge in [-0.05, 0) is 50.1 Å². The molecule has 0 aliphatic carbocycles. The van der Waals surface area contributed by atoms with Gasteiger partial charge in [0, 0.05) is 55.2 Å². The third kappa shape index (κ3) is 5.37. The van der Waals surface area contributed by atoms with Gasteiger partial charge in [0.2, 0.25) is 5.91 Å².